The van der Waals surface area contributed by atoms with Gasteiger partial charge in [-0.1, -0.05) is 12.1 Å². The van der Waals surface area contributed by atoms with E-state index < -0.39 is 10.0 Å². The zero-order valence-corrected chi connectivity index (χ0v) is 10.8. The van der Waals surface area contributed by atoms with Crippen molar-refractivity contribution in [3.63, 3.8) is 0 Å². The minimum Gasteiger partial charge on any atom is -0.295 e. The van der Waals surface area contributed by atoms with E-state index in [0.29, 0.717) is 5.56 Å². The van der Waals surface area contributed by atoms with Gasteiger partial charge in [-0.25, -0.2) is 18.1 Å². The Hall–Kier alpha value is -2.35. The molecule has 0 atom stereocenters. The van der Waals surface area contributed by atoms with Crippen molar-refractivity contribution >= 4 is 21.8 Å². The number of Topliss-reactive ketones (excluding diaryl/α,β-unsaturated/α-hetero) is 1. The van der Waals surface area contributed by atoms with Crippen molar-refractivity contribution in [2.45, 2.75) is 11.8 Å². The number of rotatable bonds is 4. The first-order chi connectivity index (χ1) is 8.99. The maximum absolute atomic E-state index is 12.0. The van der Waals surface area contributed by atoms with Crippen molar-refractivity contribution in [1.29, 1.82) is 0 Å². The van der Waals surface area contributed by atoms with Crippen LogP contribution in [0.5, 0.6) is 0 Å². The van der Waals surface area contributed by atoms with Gasteiger partial charge in [0.2, 0.25) is 0 Å². The third-order valence-electron chi connectivity index (χ3n) is 2.28. The monoisotopic (exact) mass is 278 g/mol. The largest absolute Gasteiger partial charge is 0.295 e. The molecule has 19 heavy (non-hydrogen) atoms. The van der Waals surface area contributed by atoms with E-state index in [-0.39, 0.29) is 16.6 Å². The first kappa shape index (κ1) is 13.1. The van der Waals surface area contributed by atoms with Crippen molar-refractivity contribution in [3.8, 4) is 0 Å². The fraction of sp³-hybridized carbons (Fsp3) is 0.0909. The van der Waals surface area contributed by atoms with E-state index in [1.54, 1.807) is 0 Å². The van der Waals surface area contributed by atoms with Gasteiger partial charge >= 0.3 is 0 Å². The van der Waals surface area contributed by atoms with E-state index in [9.17, 15) is 13.2 Å². The molecule has 0 bridgehead atoms. The van der Waals surface area contributed by atoms with Gasteiger partial charge in [-0.15, -0.1) is 5.10 Å². The zero-order chi connectivity index (χ0) is 13.9. The van der Waals surface area contributed by atoms with Gasteiger partial charge in [0, 0.05) is 5.56 Å². The Labute approximate surface area is 109 Å². The maximum atomic E-state index is 12.0. The van der Waals surface area contributed by atoms with Crippen molar-refractivity contribution in [2.75, 3.05) is 4.72 Å². The summed E-state index contributed by atoms with van der Waals surface area (Å²) >= 11 is 0. The molecule has 0 spiro atoms. The third-order valence-corrected chi connectivity index (χ3v) is 3.62. The van der Waals surface area contributed by atoms with E-state index in [4.69, 9.17) is 0 Å². The van der Waals surface area contributed by atoms with Gasteiger partial charge in [0.25, 0.3) is 16.0 Å². The summed E-state index contributed by atoms with van der Waals surface area (Å²) in [5.41, 5.74) is 0.441. The van der Waals surface area contributed by atoms with Crippen LogP contribution < -0.4 is 4.72 Å². The molecule has 1 aromatic carbocycles. The second-order valence-electron chi connectivity index (χ2n) is 3.65. The van der Waals surface area contributed by atoms with E-state index in [0.717, 1.165) is 0 Å². The van der Waals surface area contributed by atoms with Crippen LogP contribution in [0.15, 0.2) is 41.6 Å². The lowest BCUT2D eigenvalue weighted by Crippen LogP contribution is -2.15. The summed E-state index contributed by atoms with van der Waals surface area (Å²) in [5, 5.41) is 7.05. The molecule has 0 aliphatic rings. The second-order valence-corrected chi connectivity index (χ2v) is 5.33. The minimum atomic E-state index is -3.78. The third kappa shape index (κ3) is 3.10. The van der Waals surface area contributed by atoms with Crippen LogP contribution in [0.3, 0.4) is 0 Å². The van der Waals surface area contributed by atoms with Gasteiger partial charge in [0.1, 0.15) is 0 Å². The van der Waals surface area contributed by atoms with Crippen LogP contribution in [0.2, 0.25) is 0 Å². The van der Waals surface area contributed by atoms with Crippen LogP contribution in [-0.2, 0) is 10.0 Å². The number of ketones is 1. The van der Waals surface area contributed by atoms with Crippen molar-refractivity contribution < 1.29 is 13.2 Å². The Bertz CT molecular complexity index is 684. The lowest BCUT2D eigenvalue weighted by atomic mass is 10.2. The number of carbonyl (C=O) groups is 1. The number of nitrogens with zero attached hydrogens (tertiary/aromatic N) is 3. The SMILES string of the molecule is CC(=O)c1ccc(S(=O)(=O)Nc2nccnn2)cc1. The number of sulfonamides is 1. The topological polar surface area (TPSA) is 102 Å². The molecule has 1 heterocycles. The van der Waals surface area contributed by atoms with Gasteiger partial charge in [-0.3, -0.25) is 4.79 Å². The van der Waals surface area contributed by atoms with Gasteiger partial charge < -0.3 is 0 Å². The minimum absolute atomic E-state index is 0.0185. The smallest absolute Gasteiger partial charge is 0.264 e. The molecule has 2 rings (SSSR count). The van der Waals surface area contributed by atoms with Crippen LogP contribution in [0.25, 0.3) is 0 Å². The van der Waals surface area contributed by atoms with Crippen molar-refractivity contribution in [2.24, 2.45) is 0 Å². The molecule has 0 aliphatic carbocycles. The molecule has 0 saturated carbocycles. The number of nitrogens with one attached hydrogen (secondary N) is 1. The summed E-state index contributed by atoms with van der Waals surface area (Å²) in [4.78, 5) is 14.8. The number of hydrogen-bond donors (Lipinski definition) is 1. The predicted octanol–water partition coefficient (Wildman–Crippen LogP) is 0.875. The van der Waals surface area contributed by atoms with E-state index in [1.165, 1.54) is 43.6 Å². The number of carbonyl (C=O) groups excluding carboxylic acids is 1. The maximum Gasteiger partial charge on any atom is 0.264 e. The number of benzene rings is 1. The molecule has 0 unspecified atom stereocenters. The van der Waals surface area contributed by atoms with Crippen LogP contribution >= 0.6 is 0 Å². The summed E-state index contributed by atoms with van der Waals surface area (Å²) in [6.45, 7) is 1.41. The molecular weight excluding hydrogens is 268 g/mol. The molecule has 0 saturated heterocycles. The van der Waals surface area contributed by atoms with Crippen LogP contribution in [0, 0.1) is 0 Å². The first-order valence-corrected chi connectivity index (χ1v) is 6.75. The van der Waals surface area contributed by atoms with Gasteiger partial charge in [0.05, 0.1) is 17.3 Å². The standard InChI is InChI=1S/C11H10N4O3S/c1-8(16)9-2-4-10(5-3-9)19(17,18)15-11-12-6-7-13-14-11/h2-7H,1H3,(H,12,14,15). The highest BCUT2D eigenvalue weighted by Crippen LogP contribution is 2.13. The van der Waals surface area contributed by atoms with E-state index in [2.05, 4.69) is 19.9 Å². The molecule has 8 heteroatoms. The first-order valence-electron chi connectivity index (χ1n) is 5.26. The molecule has 7 nitrogen and oxygen atoms in total. The second kappa shape index (κ2) is 5.11. The molecule has 0 aliphatic heterocycles. The summed E-state index contributed by atoms with van der Waals surface area (Å²) in [6.07, 6.45) is 2.66. The lowest BCUT2D eigenvalue weighted by Gasteiger charge is -2.05. The molecule has 0 radical (unpaired) electrons. The Morgan fingerprint density at radius 2 is 1.84 bits per heavy atom. The van der Waals surface area contributed by atoms with Crippen LogP contribution in [0.4, 0.5) is 5.95 Å². The van der Waals surface area contributed by atoms with E-state index in [1.807, 2.05) is 0 Å². The fourth-order valence-electron chi connectivity index (χ4n) is 1.34. The summed E-state index contributed by atoms with van der Waals surface area (Å²) in [6, 6.07) is 5.58. The normalized spacial score (nSPS) is 11.0. The van der Waals surface area contributed by atoms with Gasteiger partial charge in [-0.2, -0.15) is 5.10 Å². The van der Waals surface area contributed by atoms with Crippen molar-refractivity contribution in [3.05, 3.63) is 42.2 Å². The average Bonchev–Trinajstić information content (AvgIpc) is 2.39. The Morgan fingerprint density at radius 3 is 2.37 bits per heavy atom. The lowest BCUT2D eigenvalue weighted by molar-refractivity contribution is 0.101. The Kier molecular flexibility index (Phi) is 3.52. The van der Waals surface area contributed by atoms with Crippen molar-refractivity contribution in [1.82, 2.24) is 15.2 Å². The molecule has 2 aromatic rings. The average molecular weight is 278 g/mol. The molecular formula is C11H10N4O3S. The summed E-state index contributed by atoms with van der Waals surface area (Å²) < 4.78 is 26.1. The highest BCUT2D eigenvalue weighted by Gasteiger charge is 2.15. The fourth-order valence-corrected chi connectivity index (χ4v) is 2.29. The highest BCUT2D eigenvalue weighted by molar-refractivity contribution is 7.92. The van der Waals surface area contributed by atoms with E-state index >= 15 is 0 Å². The summed E-state index contributed by atoms with van der Waals surface area (Å²) in [7, 11) is -3.78. The van der Waals surface area contributed by atoms with Gasteiger partial charge in [0.15, 0.2) is 5.78 Å². The number of anilines is 1. The predicted molar refractivity (Wildman–Crippen MR) is 67.1 cm³/mol. The number of hydrogen-bond acceptors (Lipinski definition) is 6. The van der Waals surface area contributed by atoms with Gasteiger partial charge in [-0.05, 0) is 19.1 Å². The molecule has 1 N–H and O–H groups in total. The molecule has 98 valence electrons. The number of aromatic nitrogens is 3. The Morgan fingerprint density at radius 1 is 1.16 bits per heavy atom. The highest BCUT2D eigenvalue weighted by atomic mass is 32.2. The zero-order valence-electron chi connectivity index (χ0n) is 9.94. The molecule has 1 aromatic heterocycles. The quantitative estimate of drug-likeness (QED) is 0.833. The summed E-state index contributed by atoms with van der Waals surface area (Å²) in [5.74, 6) is -0.245. The molecule has 0 amide bonds. The molecule has 0 fully saturated rings. The van der Waals surface area contributed by atoms with Crippen LogP contribution in [0.1, 0.15) is 17.3 Å². The Balaban J connectivity index is 2.27. The van der Waals surface area contributed by atoms with Crippen LogP contribution in [-0.4, -0.2) is 29.4 Å².